The van der Waals surface area contributed by atoms with Crippen molar-refractivity contribution in [3.8, 4) is 29.0 Å². The molecule has 0 saturated carbocycles. The SMILES string of the molecule is N#Cc1ccc(-c2nnc(-c3ccc(Cl)cc3Cl)o2)cc1. The van der Waals surface area contributed by atoms with Gasteiger partial charge in [0.1, 0.15) is 0 Å². The van der Waals surface area contributed by atoms with E-state index in [9.17, 15) is 0 Å². The summed E-state index contributed by atoms with van der Waals surface area (Å²) in [6.07, 6.45) is 0. The summed E-state index contributed by atoms with van der Waals surface area (Å²) in [4.78, 5) is 0. The molecule has 0 saturated heterocycles. The highest BCUT2D eigenvalue weighted by Crippen LogP contribution is 2.31. The number of rotatable bonds is 2. The molecule has 102 valence electrons. The maximum absolute atomic E-state index is 8.78. The molecule has 0 atom stereocenters. The minimum absolute atomic E-state index is 0.316. The van der Waals surface area contributed by atoms with Crippen molar-refractivity contribution >= 4 is 23.2 Å². The van der Waals surface area contributed by atoms with Gasteiger partial charge < -0.3 is 4.42 Å². The zero-order chi connectivity index (χ0) is 14.8. The molecule has 2 aromatic carbocycles. The van der Waals surface area contributed by atoms with Crippen molar-refractivity contribution < 1.29 is 4.42 Å². The molecule has 6 heteroatoms. The standard InChI is InChI=1S/C15H7Cl2N3O/c16-11-5-6-12(13(17)7-11)15-20-19-14(21-15)10-3-1-9(8-18)2-4-10/h1-7H. The van der Waals surface area contributed by atoms with Gasteiger partial charge in [0.05, 0.1) is 22.2 Å². The van der Waals surface area contributed by atoms with E-state index in [4.69, 9.17) is 32.9 Å². The third-order valence-corrected chi connectivity index (χ3v) is 3.40. The van der Waals surface area contributed by atoms with Crippen LogP contribution in [0.15, 0.2) is 46.9 Å². The van der Waals surface area contributed by atoms with E-state index in [-0.39, 0.29) is 0 Å². The van der Waals surface area contributed by atoms with Crippen LogP contribution in [0, 0.1) is 11.3 Å². The third kappa shape index (κ3) is 2.75. The summed E-state index contributed by atoms with van der Waals surface area (Å²) in [7, 11) is 0. The summed E-state index contributed by atoms with van der Waals surface area (Å²) in [6, 6.07) is 14.0. The molecule has 3 aromatic rings. The Labute approximate surface area is 130 Å². The van der Waals surface area contributed by atoms with E-state index >= 15 is 0 Å². The van der Waals surface area contributed by atoms with E-state index in [0.717, 1.165) is 5.56 Å². The van der Waals surface area contributed by atoms with Crippen molar-refractivity contribution in [1.29, 1.82) is 5.26 Å². The molecular weight excluding hydrogens is 309 g/mol. The maximum atomic E-state index is 8.78. The van der Waals surface area contributed by atoms with Crippen molar-refractivity contribution in [3.63, 3.8) is 0 Å². The van der Waals surface area contributed by atoms with Crippen LogP contribution >= 0.6 is 23.2 Å². The highest BCUT2D eigenvalue weighted by Gasteiger charge is 2.13. The van der Waals surface area contributed by atoms with Gasteiger partial charge in [0, 0.05) is 10.6 Å². The van der Waals surface area contributed by atoms with Gasteiger partial charge in [-0.3, -0.25) is 0 Å². The van der Waals surface area contributed by atoms with Gasteiger partial charge in [-0.25, -0.2) is 0 Å². The average Bonchev–Trinajstić information content (AvgIpc) is 2.97. The second-order valence-electron chi connectivity index (χ2n) is 4.23. The van der Waals surface area contributed by atoms with Crippen molar-refractivity contribution in [2.24, 2.45) is 0 Å². The van der Waals surface area contributed by atoms with Gasteiger partial charge in [-0.15, -0.1) is 10.2 Å². The first-order valence-corrected chi connectivity index (χ1v) is 6.72. The molecular formula is C15H7Cl2N3O. The first-order valence-electron chi connectivity index (χ1n) is 5.97. The van der Waals surface area contributed by atoms with Crippen LogP contribution in [0.2, 0.25) is 10.0 Å². The number of nitriles is 1. The predicted molar refractivity (Wildman–Crippen MR) is 79.9 cm³/mol. The Morgan fingerprint density at radius 3 is 2.33 bits per heavy atom. The Bertz CT molecular complexity index is 835. The molecule has 0 bridgehead atoms. The molecule has 0 unspecified atom stereocenters. The molecule has 0 radical (unpaired) electrons. The summed E-state index contributed by atoms with van der Waals surface area (Å²) < 4.78 is 5.62. The van der Waals surface area contributed by atoms with Crippen LogP contribution in [-0.2, 0) is 0 Å². The van der Waals surface area contributed by atoms with Crippen LogP contribution < -0.4 is 0 Å². The molecule has 0 amide bonds. The minimum Gasteiger partial charge on any atom is -0.416 e. The monoisotopic (exact) mass is 315 g/mol. The van der Waals surface area contributed by atoms with Gasteiger partial charge in [0.15, 0.2) is 0 Å². The van der Waals surface area contributed by atoms with Gasteiger partial charge in [0.25, 0.3) is 0 Å². The summed E-state index contributed by atoms with van der Waals surface area (Å²) in [5.41, 5.74) is 1.92. The summed E-state index contributed by atoms with van der Waals surface area (Å²) in [6.45, 7) is 0. The third-order valence-electron chi connectivity index (χ3n) is 2.85. The fraction of sp³-hybridized carbons (Fsp3) is 0. The Morgan fingerprint density at radius 1 is 0.952 bits per heavy atom. The molecule has 21 heavy (non-hydrogen) atoms. The molecule has 0 aliphatic heterocycles. The summed E-state index contributed by atoms with van der Waals surface area (Å²) in [5, 5.41) is 17.7. The molecule has 1 aromatic heterocycles. The molecule has 0 fully saturated rings. The van der Waals surface area contributed by atoms with Crippen LogP contribution in [0.25, 0.3) is 22.9 Å². The van der Waals surface area contributed by atoms with Crippen LogP contribution in [0.5, 0.6) is 0 Å². The molecule has 4 nitrogen and oxygen atoms in total. The Hall–Kier alpha value is -2.35. The van der Waals surface area contributed by atoms with Crippen LogP contribution in [-0.4, -0.2) is 10.2 Å². The van der Waals surface area contributed by atoms with Crippen molar-refractivity contribution in [3.05, 3.63) is 58.1 Å². The molecule has 1 heterocycles. The first-order chi connectivity index (χ1) is 10.2. The lowest BCUT2D eigenvalue weighted by molar-refractivity contribution is 0.584. The van der Waals surface area contributed by atoms with E-state index in [0.29, 0.717) is 33.0 Å². The number of hydrogen-bond donors (Lipinski definition) is 0. The lowest BCUT2D eigenvalue weighted by Gasteiger charge is -1.99. The number of benzene rings is 2. The average molecular weight is 316 g/mol. The fourth-order valence-corrected chi connectivity index (χ4v) is 2.29. The van der Waals surface area contributed by atoms with Crippen LogP contribution in [0.1, 0.15) is 5.56 Å². The van der Waals surface area contributed by atoms with Crippen LogP contribution in [0.3, 0.4) is 0 Å². The molecule has 3 rings (SSSR count). The number of aromatic nitrogens is 2. The van der Waals surface area contributed by atoms with Crippen LogP contribution in [0.4, 0.5) is 0 Å². The van der Waals surface area contributed by atoms with E-state index in [1.54, 1.807) is 42.5 Å². The molecule has 0 aliphatic carbocycles. The summed E-state index contributed by atoms with van der Waals surface area (Å²) >= 11 is 12.0. The van der Waals surface area contributed by atoms with E-state index in [1.165, 1.54) is 0 Å². The van der Waals surface area contributed by atoms with Gasteiger partial charge >= 0.3 is 0 Å². The Kier molecular flexibility index (Phi) is 3.61. The van der Waals surface area contributed by atoms with Crippen molar-refractivity contribution in [1.82, 2.24) is 10.2 Å². The highest BCUT2D eigenvalue weighted by molar-refractivity contribution is 6.36. The Balaban J connectivity index is 1.97. The lowest BCUT2D eigenvalue weighted by atomic mass is 10.1. The largest absolute Gasteiger partial charge is 0.416 e. The quantitative estimate of drug-likeness (QED) is 0.694. The predicted octanol–water partition coefficient (Wildman–Crippen LogP) is 4.58. The zero-order valence-corrected chi connectivity index (χ0v) is 12.1. The second-order valence-corrected chi connectivity index (χ2v) is 5.07. The van der Waals surface area contributed by atoms with Crippen molar-refractivity contribution in [2.45, 2.75) is 0 Å². The molecule has 0 spiro atoms. The maximum Gasteiger partial charge on any atom is 0.249 e. The fourth-order valence-electron chi connectivity index (χ4n) is 1.80. The highest BCUT2D eigenvalue weighted by atomic mass is 35.5. The second kappa shape index (κ2) is 5.57. The smallest absolute Gasteiger partial charge is 0.249 e. The number of nitrogens with zero attached hydrogens (tertiary/aromatic N) is 3. The normalized spacial score (nSPS) is 10.3. The zero-order valence-electron chi connectivity index (χ0n) is 10.5. The van der Waals surface area contributed by atoms with Gasteiger partial charge in [0.2, 0.25) is 11.8 Å². The van der Waals surface area contributed by atoms with Gasteiger partial charge in [-0.05, 0) is 42.5 Å². The number of hydrogen-bond acceptors (Lipinski definition) is 4. The molecule has 0 N–H and O–H groups in total. The number of halogens is 2. The van der Waals surface area contributed by atoms with Gasteiger partial charge in [-0.2, -0.15) is 5.26 Å². The Morgan fingerprint density at radius 2 is 1.67 bits per heavy atom. The van der Waals surface area contributed by atoms with Gasteiger partial charge in [-0.1, -0.05) is 23.2 Å². The first kappa shape index (κ1) is 13.6. The van der Waals surface area contributed by atoms with E-state index in [2.05, 4.69) is 16.3 Å². The lowest BCUT2D eigenvalue weighted by Crippen LogP contribution is -1.79. The van der Waals surface area contributed by atoms with Crippen molar-refractivity contribution in [2.75, 3.05) is 0 Å². The minimum atomic E-state index is 0.316. The van der Waals surface area contributed by atoms with E-state index < -0.39 is 0 Å². The van der Waals surface area contributed by atoms with E-state index in [1.807, 2.05) is 0 Å². The molecule has 0 aliphatic rings. The summed E-state index contributed by atoms with van der Waals surface area (Å²) in [5.74, 6) is 0.677. The topological polar surface area (TPSA) is 62.7 Å².